The molecule has 148 valence electrons. The summed E-state index contributed by atoms with van der Waals surface area (Å²) >= 11 is 0. The van der Waals surface area contributed by atoms with Crippen molar-refractivity contribution in [3.63, 3.8) is 0 Å². The van der Waals surface area contributed by atoms with E-state index in [4.69, 9.17) is 0 Å². The number of anilines is 1. The Morgan fingerprint density at radius 3 is 2.65 bits per heavy atom. The SMILES string of the molecule is CCCN(C(=O)c1ccnc(N2CCN(C)CC2)c1)C1CCNC1.Cl.Cl. The summed E-state index contributed by atoms with van der Waals surface area (Å²) in [7, 11) is 2.14. The van der Waals surface area contributed by atoms with E-state index in [0.29, 0.717) is 6.04 Å². The fourth-order valence-corrected chi connectivity index (χ4v) is 3.52. The number of pyridine rings is 1. The van der Waals surface area contributed by atoms with Crippen LogP contribution in [0.3, 0.4) is 0 Å². The Morgan fingerprint density at radius 2 is 2.04 bits per heavy atom. The van der Waals surface area contributed by atoms with E-state index in [2.05, 4.69) is 34.1 Å². The molecular formula is C18H31Cl2N5O. The first-order chi connectivity index (χ1) is 11.7. The molecule has 2 aliphatic rings. The molecule has 6 nitrogen and oxygen atoms in total. The van der Waals surface area contributed by atoms with Crippen LogP contribution in [-0.2, 0) is 0 Å². The lowest BCUT2D eigenvalue weighted by Gasteiger charge is -2.33. The number of hydrogen-bond acceptors (Lipinski definition) is 5. The van der Waals surface area contributed by atoms with Gasteiger partial charge in [0, 0.05) is 57.1 Å². The van der Waals surface area contributed by atoms with Gasteiger partial charge in [-0.15, -0.1) is 24.8 Å². The molecule has 0 aliphatic carbocycles. The van der Waals surface area contributed by atoms with Crippen molar-refractivity contribution in [2.24, 2.45) is 0 Å². The van der Waals surface area contributed by atoms with E-state index in [1.54, 1.807) is 6.20 Å². The number of carbonyl (C=O) groups is 1. The predicted octanol–water partition coefficient (Wildman–Crippen LogP) is 1.89. The summed E-state index contributed by atoms with van der Waals surface area (Å²) in [4.78, 5) is 24.2. The molecule has 0 saturated carbocycles. The predicted molar refractivity (Wildman–Crippen MR) is 111 cm³/mol. The Balaban J connectivity index is 0.00000169. The molecule has 0 radical (unpaired) electrons. The number of aromatic nitrogens is 1. The number of piperazine rings is 1. The quantitative estimate of drug-likeness (QED) is 0.813. The van der Waals surface area contributed by atoms with Gasteiger partial charge in [0.2, 0.25) is 0 Å². The number of carbonyl (C=O) groups excluding carboxylic acids is 1. The first-order valence-electron chi connectivity index (χ1n) is 9.10. The molecule has 2 saturated heterocycles. The first kappa shape index (κ1) is 23.0. The Hall–Kier alpha value is -1.08. The molecule has 1 N–H and O–H groups in total. The van der Waals surface area contributed by atoms with Gasteiger partial charge >= 0.3 is 0 Å². The van der Waals surface area contributed by atoms with Crippen molar-refractivity contribution in [2.75, 3.05) is 57.8 Å². The summed E-state index contributed by atoms with van der Waals surface area (Å²) in [6, 6.07) is 4.14. The second-order valence-electron chi connectivity index (χ2n) is 6.84. The van der Waals surface area contributed by atoms with E-state index in [-0.39, 0.29) is 30.7 Å². The highest BCUT2D eigenvalue weighted by Crippen LogP contribution is 2.18. The Morgan fingerprint density at radius 1 is 1.31 bits per heavy atom. The summed E-state index contributed by atoms with van der Waals surface area (Å²) in [5.41, 5.74) is 0.763. The van der Waals surface area contributed by atoms with Crippen LogP contribution >= 0.6 is 24.8 Å². The normalized spacial score (nSPS) is 20.2. The van der Waals surface area contributed by atoms with Crippen LogP contribution in [0, 0.1) is 0 Å². The maximum absolute atomic E-state index is 13.1. The van der Waals surface area contributed by atoms with E-state index >= 15 is 0 Å². The molecule has 0 spiro atoms. The summed E-state index contributed by atoms with van der Waals surface area (Å²) in [5.74, 6) is 1.07. The van der Waals surface area contributed by atoms with Crippen LogP contribution in [0.2, 0.25) is 0 Å². The molecule has 1 aromatic rings. The van der Waals surface area contributed by atoms with Crippen LogP contribution in [0.15, 0.2) is 18.3 Å². The van der Waals surface area contributed by atoms with Crippen LogP contribution in [0.5, 0.6) is 0 Å². The molecule has 3 heterocycles. The summed E-state index contributed by atoms with van der Waals surface area (Å²) in [6.45, 7) is 8.86. The third kappa shape index (κ3) is 5.46. The molecule has 1 amide bonds. The highest BCUT2D eigenvalue weighted by atomic mass is 35.5. The van der Waals surface area contributed by atoms with Crippen molar-refractivity contribution in [2.45, 2.75) is 25.8 Å². The zero-order valence-electron chi connectivity index (χ0n) is 15.7. The zero-order valence-corrected chi connectivity index (χ0v) is 17.3. The van der Waals surface area contributed by atoms with E-state index in [0.717, 1.165) is 70.0 Å². The van der Waals surface area contributed by atoms with Crippen molar-refractivity contribution in [3.8, 4) is 0 Å². The number of hydrogen-bond donors (Lipinski definition) is 1. The molecule has 1 aromatic heterocycles. The minimum absolute atomic E-state index is 0. The van der Waals surface area contributed by atoms with Crippen LogP contribution in [0.4, 0.5) is 5.82 Å². The maximum Gasteiger partial charge on any atom is 0.254 e. The molecular weight excluding hydrogens is 373 g/mol. The smallest absolute Gasteiger partial charge is 0.254 e. The van der Waals surface area contributed by atoms with Crippen molar-refractivity contribution >= 4 is 36.5 Å². The molecule has 8 heteroatoms. The Kier molecular flexibility index (Phi) is 9.64. The Labute approximate surface area is 169 Å². The number of nitrogens with one attached hydrogen (secondary N) is 1. The zero-order chi connectivity index (χ0) is 16.9. The minimum Gasteiger partial charge on any atom is -0.354 e. The largest absolute Gasteiger partial charge is 0.354 e. The summed E-state index contributed by atoms with van der Waals surface area (Å²) in [5, 5.41) is 3.37. The molecule has 2 aliphatic heterocycles. The van der Waals surface area contributed by atoms with Gasteiger partial charge in [-0.3, -0.25) is 4.79 Å². The topological polar surface area (TPSA) is 51.7 Å². The fraction of sp³-hybridized carbons (Fsp3) is 0.667. The molecule has 3 rings (SSSR count). The minimum atomic E-state index is 0. The first-order valence-corrected chi connectivity index (χ1v) is 9.10. The highest BCUT2D eigenvalue weighted by molar-refractivity contribution is 5.95. The maximum atomic E-state index is 13.1. The van der Waals surface area contributed by atoms with Gasteiger partial charge in [-0.1, -0.05) is 6.92 Å². The van der Waals surface area contributed by atoms with Gasteiger partial charge < -0.3 is 20.0 Å². The van der Waals surface area contributed by atoms with E-state index < -0.39 is 0 Å². The van der Waals surface area contributed by atoms with Crippen molar-refractivity contribution in [3.05, 3.63) is 23.9 Å². The van der Waals surface area contributed by atoms with Gasteiger partial charge in [0.05, 0.1) is 0 Å². The van der Waals surface area contributed by atoms with Gasteiger partial charge in [0.1, 0.15) is 5.82 Å². The number of rotatable bonds is 5. The van der Waals surface area contributed by atoms with E-state index in [1.165, 1.54) is 0 Å². The van der Waals surface area contributed by atoms with Crippen LogP contribution in [0.25, 0.3) is 0 Å². The second kappa shape index (κ2) is 10.9. The summed E-state index contributed by atoms with van der Waals surface area (Å²) < 4.78 is 0. The average Bonchev–Trinajstić information content (AvgIpc) is 3.14. The van der Waals surface area contributed by atoms with Crippen LogP contribution < -0.4 is 10.2 Å². The molecule has 1 unspecified atom stereocenters. The van der Waals surface area contributed by atoms with Gasteiger partial charge in [-0.25, -0.2) is 4.98 Å². The van der Waals surface area contributed by atoms with Gasteiger partial charge in [0.25, 0.3) is 5.91 Å². The number of nitrogens with zero attached hydrogens (tertiary/aromatic N) is 4. The lowest BCUT2D eigenvalue weighted by molar-refractivity contribution is 0.0692. The van der Waals surface area contributed by atoms with E-state index in [1.807, 2.05) is 17.0 Å². The molecule has 26 heavy (non-hydrogen) atoms. The Bertz CT molecular complexity index is 560. The van der Waals surface area contributed by atoms with E-state index in [9.17, 15) is 4.79 Å². The lowest BCUT2D eigenvalue weighted by atomic mass is 10.1. The van der Waals surface area contributed by atoms with Crippen molar-refractivity contribution < 1.29 is 4.79 Å². The summed E-state index contributed by atoms with van der Waals surface area (Å²) in [6.07, 6.45) is 3.80. The second-order valence-corrected chi connectivity index (χ2v) is 6.84. The van der Waals surface area contributed by atoms with Crippen molar-refractivity contribution in [1.29, 1.82) is 0 Å². The molecule has 0 aromatic carbocycles. The fourth-order valence-electron chi connectivity index (χ4n) is 3.52. The van der Waals surface area contributed by atoms with Gasteiger partial charge in [0.15, 0.2) is 0 Å². The van der Waals surface area contributed by atoms with Crippen molar-refractivity contribution in [1.82, 2.24) is 20.1 Å². The third-order valence-corrected chi connectivity index (χ3v) is 5.02. The van der Waals surface area contributed by atoms with Crippen LogP contribution in [-0.4, -0.2) is 79.6 Å². The van der Waals surface area contributed by atoms with Gasteiger partial charge in [-0.2, -0.15) is 0 Å². The monoisotopic (exact) mass is 403 g/mol. The molecule has 1 atom stereocenters. The molecule has 0 bridgehead atoms. The standard InChI is InChI=1S/C18H29N5O.2ClH/c1-3-8-23(16-5-6-19-14-16)18(24)15-4-7-20-17(13-15)22-11-9-21(2)10-12-22;;/h4,7,13,16,19H,3,5-6,8-12,14H2,1-2H3;2*1H. The lowest BCUT2D eigenvalue weighted by Crippen LogP contribution is -2.45. The number of halogens is 2. The number of likely N-dealkylation sites (N-methyl/N-ethyl adjacent to an activating group) is 1. The number of amides is 1. The highest BCUT2D eigenvalue weighted by Gasteiger charge is 2.27. The molecule has 2 fully saturated rings. The van der Waals surface area contributed by atoms with Gasteiger partial charge in [-0.05, 0) is 38.6 Å². The third-order valence-electron chi connectivity index (χ3n) is 5.02. The average molecular weight is 404 g/mol. The van der Waals surface area contributed by atoms with Crippen LogP contribution in [0.1, 0.15) is 30.1 Å².